The Morgan fingerprint density at radius 1 is 0.406 bits per heavy atom. The molecule has 9 aromatic carbocycles. The Kier molecular flexibility index (Phi) is 8.26. The lowest BCUT2D eigenvalue weighted by Crippen LogP contribution is -2.28. The maximum absolute atomic E-state index is 2.51. The summed E-state index contributed by atoms with van der Waals surface area (Å²) in [6, 6.07) is 83.3. The zero-order valence-electron chi connectivity index (χ0n) is 35.2. The fourth-order valence-corrected chi connectivity index (χ4v) is 11.3. The van der Waals surface area contributed by atoms with E-state index in [-0.39, 0.29) is 6.04 Å². The Bertz CT molecular complexity index is 3410. The van der Waals surface area contributed by atoms with Gasteiger partial charge in [0.1, 0.15) is 0 Å². The largest absolute Gasteiger partial charge is 0.333 e. The van der Waals surface area contributed by atoms with Crippen molar-refractivity contribution in [2.24, 2.45) is 0 Å². The number of allylic oxidation sites excluding steroid dienone is 2. The predicted octanol–water partition coefficient (Wildman–Crippen LogP) is 15.3. The lowest BCUT2D eigenvalue weighted by atomic mass is 9.67. The van der Waals surface area contributed by atoms with Crippen LogP contribution in [0.4, 0.5) is 28.4 Å². The van der Waals surface area contributed by atoms with Crippen LogP contribution in [0.25, 0.3) is 38.6 Å². The minimum absolute atomic E-state index is 0.233. The lowest BCUT2D eigenvalue weighted by Gasteiger charge is -2.35. The molecule has 10 aromatic rings. The summed E-state index contributed by atoms with van der Waals surface area (Å²) in [6.07, 6.45) is 9.08. The van der Waals surface area contributed by atoms with E-state index in [1.807, 2.05) is 0 Å². The molecule has 2 unspecified atom stereocenters. The molecule has 1 aromatic heterocycles. The van der Waals surface area contributed by atoms with Crippen LogP contribution < -0.4 is 9.80 Å². The third-order valence-electron chi connectivity index (χ3n) is 14.0. The van der Waals surface area contributed by atoms with E-state index in [0.29, 0.717) is 5.92 Å². The van der Waals surface area contributed by atoms with Crippen LogP contribution >= 0.6 is 0 Å². The van der Waals surface area contributed by atoms with Crippen LogP contribution in [0.5, 0.6) is 0 Å². The molecule has 2 heterocycles. The first-order valence-corrected chi connectivity index (χ1v) is 22.3. The van der Waals surface area contributed by atoms with Crippen LogP contribution in [0.1, 0.15) is 33.7 Å². The summed E-state index contributed by atoms with van der Waals surface area (Å²) in [7, 11) is 0. The molecule has 0 spiro atoms. The topological polar surface area (TPSA) is 11.4 Å². The summed E-state index contributed by atoms with van der Waals surface area (Å²) in [5.41, 5.74) is 17.8. The van der Waals surface area contributed by atoms with Crippen molar-refractivity contribution in [2.45, 2.75) is 17.4 Å². The zero-order chi connectivity index (χ0) is 42.2. The van der Waals surface area contributed by atoms with Crippen LogP contribution in [0.2, 0.25) is 0 Å². The molecule has 3 heteroatoms. The Morgan fingerprint density at radius 2 is 1.00 bits per heavy atom. The van der Waals surface area contributed by atoms with Gasteiger partial charge in [-0.2, -0.15) is 0 Å². The first-order chi connectivity index (χ1) is 31.8. The van der Waals surface area contributed by atoms with Crippen molar-refractivity contribution in [3.63, 3.8) is 0 Å². The van der Waals surface area contributed by atoms with Crippen LogP contribution in [0, 0.1) is 0 Å². The van der Waals surface area contributed by atoms with Gasteiger partial charge in [0.05, 0.1) is 22.5 Å². The normalized spacial score (nSPS) is 16.4. The highest BCUT2D eigenvalue weighted by atomic mass is 15.2. The Hall–Kier alpha value is -8.14. The second-order valence-corrected chi connectivity index (χ2v) is 17.2. The highest BCUT2D eigenvalue weighted by Crippen LogP contribution is 2.57. The molecule has 0 amide bonds. The maximum atomic E-state index is 2.51. The number of para-hydroxylation sites is 3. The summed E-state index contributed by atoms with van der Waals surface area (Å²) in [6.45, 7) is 0. The molecular weight excluding hydrogens is 775 g/mol. The summed E-state index contributed by atoms with van der Waals surface area (Å²) in [4.78, 5) is 4.98. The predicted molar refractivity (Wildman–Crippen MR) is 266 cm³/mol. The van der Waals surface area contributed by atoms with E-state index in [2.05, 4.69) is 263 Å². The Morgan fingerprint density at radius 3 is 1.80 bits per heavy atom. The van der Waals surface area contributed by atoms with Crippen molar-refractivity contribution >= 4 is 50.2 Å². The summed E-state index contributed by atoms with van der Waals surface area (Å²) < 4.78 is 2.39. The fourth-order valence-electron chi connectivity index (χ4n) is 11.3. The molecule has 302 valence electrons. The quantitative estimate of drug-likeness (QED) is 0.159. The van der Waals surface area contributed by atoms with Gasteiger partial charge >= 0.3 is 0 Å². The smallest absolute Gasteiger partial charge is 0.0714 e. The molecule has 3 aliphatic rings. The average Bonchev–Trinajstić information content (AvgIpc) is 3.99. The first kappa shape index (κ1) is 36.5. The molecule has 1 aliphatic heterocycles. The van der Waals surface area contributed by atoms with Crippen molar-refractivity contribution in [1.82, 2.24) is 4.57 Å². The van der Waals surface area contributed by atoms with Crippen molar-refractivity contribution < 1.29 is 0 Å². The molecule has 0 fully saturated rings. The monoisotopic (exact) mass is 817 g/mol. The van der Waals surface area contributed by atoms with Crippen molar-refractivity contribution in [3.8, 4) is 16.8 Å². The van der Waals surface area contributed by atoms with Crippen molar-refractivity contribution in [2.75, 3.05) is 9.80 Å². The molecule has 13 rings (SSSR count). The summed E-state index contributed by atoms with van der Waals surface area (Å²) in [5, 5.41) is 2.44. The molecule has 0 N–H and O–H groups in total. The fraction of sp³-hybridized carbons (Fsp3) is 0.0492. The van der Waals surface area contributed by atoms with Crippen molar-refractivity contribution in [3.05, 3.63) is 277 Å². The third kappa shape index (κ3) is 5.34. The van der Waals surface area contributed by atoms with Gasteiger partial charge in [-0.1, -0.05) is 170 Å². The van der Waals surface area contributed by atoms with Gasteiger partial charge < -0.3 is 14.4 Å². The molecule has 0 saturated heterocycles. The van der Waals surface area contributed by atoms with Crippen LogP contribution in [-0.4, -0.2) is 10.6 Å². The highest BCUT2D eigenvalue weighted by molar-refractivity contribution is 6.10. The first-order valence-electron chi connectivity index (χ1n) is 22.3. The van der Waals surface area contributed by atoms with E-state index in [1.165, 1.54) is 72.1 Å². The molecular formula is C61H43N3. The molecule has 3 nitrogen and oxygen atoms in total. The average molecular weight is 818 g/mol. The van der Waals surface area contributed by atoms with Gasteiger partial charge in [-0.05, 0) is 118 Å². The van der Waals surface area contributed by atoms with Crippen molar-refractivity contribution in [1.29, 1.82) is 0 Å². The lowest BCUT2D eigenvalue weighted by molar-refractivity contribution is 0.745. The van der Waals surface area contributed by atoms with E-state index in [0.717, 1.165) is 22.7 Å². The number of nitrogens with zero attached hydrogens (tertiary/aromatic N) is 3. The van der Waals surface area contributed by atoms with Gasteiger partial charge in [0, 0.05) is 50.8 Å². The summed E-state index contributed by atoms with van der Waals surface area (Å²) >= 11 is 0. The van der Waals surface area contributed by atoms with Crippen LogP contribution in [-0.2, 0) is 5.41 Å². The van der Waals surface area contributed by atoms with Gasteiger partial charge in [-0.3, -0.25) is 0 Å². The number of hydrogen-bond acceptors (Lipinski definition) is 2. The number of benzene rings is 9. The van der Waals surface area contributed by atoms with Crippen LogP contribution in [0.3, 0.4) is 0 Å². The minimum atomic E-state index is -0.519. The van der Waals surface area contributed by atoms with E-state index >= 15 is 0 Å². The number of rotatable bonds is 7. The molecule has 0 bridgehead atoms. The standard InChI is InChI=1S/C61H43N3/c1-4-18-42(19-5-1)61(43-20-6-2-7-21-43)55-28-14-10-24-49(55)50-38-36-48(41-56(50)61)62(45-32-34-46(35-33-45)64-57-29-15-11-25-51(57)52-26-12-16-30-58(52)64)47-37-39-60-54(40-47)53-27-13-17-31-59(53)63(60)44-22-8-3-9-23-44/h1-41,51,57H. The Labute approximate surface area is 373 Å². The van der Waals surface area contributed by atoms with Gasteiger partial charge in [-0.25, -0.2) is 0 Å². The van der Waals surface area contributed by atoms with E-state index in [4.69, 9.17) is 0 Å². The minimum Gasteiger partial charge on any atom is -0.333 e. The second kappa shape index (κ2) is 14.5. The van der Waals surface area contributed by atoms with Gasteiger partial charge in [0.15, 0.2) is 0 Å². The maximum Gasteiger partial charge on any atom is 0.0714 e. The number of fused-ring (bicyclic) bond motifs is 9. The van der Waals surface area contributed by atoms with Gasteiger partial charge in [0.25, 0.3) is 0 Å². The van der Waals surface area contributed by atoms with E-state index in [1.54, 1.807) is 0 Å². The van der Waals surface area contributed by atoms with E-state index in [9.17, 15) is 0 Å². The Balaban J connectivity index is 1.03. The highest BCUT2D eigenvalue weighted by Gasteiger charge is 2.46. The van der Waals surface area contributed by atoms with E-state index < -0.39 is 5.41 Å². The number of aromatic nitrogens is 1. The number of hydrogen-bond donors (Lipinski definition) is 0. The SMILES string of the molecule is C1=CC2c3ccccc3N(c3ccc(N(c4ccc5c(c4)C(c4ccccc4)(c4ccccc4)c4ccccc4-5)c4ccc5c(c4)c4ccccc4n5-c4ccccc4)cc3)C2C=C1. The third-order valence-corrected chi connectivity index (χ3v) is 14.0. The molecule has 0 saturated carbocycles. The van der Waals surface area contributed by atoms with Gasteiger partial charge in [-0.15, -0.1) is 0 Å². The van der Waals surface area contributed by atoms with Crippen LogP contribution in [0.15, 0.2) is 249 Å². The van der Waals surface area contributed by atoms with Gasteiger partial charge in [0.2, 0.25) is 0 Å². The molecule has 2 atom stereocenters. The summed E-state index contributed by atoms with van der Waals surface area (Å²) in [5.74, 6) is 0.326. The zero-order valence-corrected chi connectivity index (χ0v) is 35.2. The second-order valence-electron chi connectivity index (χ2n) is 17.2. The number of anilines is 5. The molecule has 0 radical (unpaired) electrons. The molecule has 64 heavy (non-hydrogen) atoms. The molecule has 2 aliphatic carbocycles.